The van der Waals surface area contributed by atoms with Gasteiger partial charge in [-0.25, -0.2) is 9.37 Å². The van der Waals surface area contributed by atoms with Crippen molar-refractivity contribution in [2.75, 3.05) is 32.2 Å². The number of aromatic nitrogens is 1. The van der Waals surface area contributed by atoms with E-state index < -0.39 is 29.3 Å². The molecule has 10 nitrogen and oxygen atoms in total. The molecule has 3 rings (SSSR count). The maximum absolute atomic E-state index is 14.6. The van der Waals surface area contributed by atoms with Crippen LogP contribution in [0, 0.1) is 18.2 Å². The standard InChI is InChI=1S/C31H42FN5O5/c1-7-41-28(38)15-26(20-10-11-27(40-6)24(32)14-20)37-30(39)23(25(33)18-42-31(3,4)5)17-34-16-22-13-21-9-8-12-35-29(21)36-19(22)2/h10-11,13-14,17,26,33-34H,7-9,12,15-16,18H2,1-6H3,(H,35,36)(H,37,39)/b23-17+,33-25?/t26-/m0/s1. The third-order valence-corrected chi connectivity index (χ3v) is 6.63. The summed E-state index contributed by atoms with van der Waals surface area (Å²) < 4.78 is 30.4. The largest absolute Gasteiger partial charge is 0.494 e. The predicted molar refractivity (Wildman–Crippen MR) is 159 cm³/mol. The first-order chi connectivity index (χ1) is 19.9. The lowest BCUT2D eigenvalue weighted by atomic mass is 10.0. The van der Waals surface area contributed by atoms with Crippen LogP contribution in [-0.4, -0.2) is 55.0 Å². The molecule has 0 saturated carbocycles. The fraction of sp³-hybridized carbons (Fsp3) is 0.484. The lowest BCUT2D eigenvalue weighted by Crippen LogP contribution is -2.36. The highest BCUT2D eigenvalue weighted by atomic mass is 19.1. The van der Waals surface area contributed by atoms with Gasteiger partial charge in [-0.2, -0.15) is 0 Å². The van der Waals surface area contributed by atoms with Crippen molar-refractivity contribution in [2.45, 2.75) is 72.1 Å². The van der Waals surface area contributed by atoms with Crippen molar-refractivity contribution in [1.82, 2.24) is 15.6 Å². The zero-order chi connectivity index (χ0) is 30.9. The fourth-order valence-electron chi connectivity index (χ4n) is 4.40. The number of nitrogens with one attached hydrogen (secondary N) is 4. The molecule has 0 fully saturated rings. The number of pyridine rings is 1. The van der Waals surface area contributed by atoms with E-state index in [1.54, 1.807) is 13.0 Å². The van der Waals surface area contributed by atoms with Gasteiger partial charge in [0.25, 0.3) is 5.91 Å². The third kappa shape index (κ3) is 9.27. The van der Waals surface area contributed by atoms with Gasteiger partial charge in [-0.1, -0.05) is 6.07 Å². The van der Waals surface area contributed by atoms with Gasteiger partial charge in [-0.05, 0) is 82.3 Å². The summed E-state index contributed by atoms with van der Waals surface area (Å²) in [5.41, 5.74) is 2.75. The Kier molecular flexibility index (Phi) is 11.4. The van der Waals surface area contributed by atoms with E-state index in [9.17, 15) is 14.0 Å². The van der Waals surface area contributed by atoms with Crippen LogP contribution < -0.4 is 20.7 Å². The lowest BCUT2D eigenvalue weighted by molar-refractivity contribution is -0.143. The van der Waals surface area contributed by atoms with Crippen LogP contribution in [0.2, 0.25) is 0 Å². The number of methoxy groups -OCH3 is 1. The van der Waals surface area contributed by atoms with E-state index in [1.165, 1.54) is 25.4 Å². The smallest absolute Gasteiger partial charge is 0.308 e. The third-order valence-electron chi connectivity index (χ3n) is 6.63. The number of ether oxygens (including phenoxy) is 3. The van der Waals surface area contributed by atoms with E-state index >= 15 is 0 Å². The Labute approximate surface area is 246 Å². The van der Waals surface area contributed by atoms with Gasteiger partial charge >= 0.3 is 5.97 Å². The SMILES string of the molecule is CCOC(=O)C[C@H](NC(=O)/C(=C/NCc1cc2c(nc1C)NCCC2)C(=N)COC(C)(C)C)c1ccc(OC)c(F)c1. The summed E-state index contributed by atoms with van der Waals surface area (Å²) in [4.78, 5) is 30.7. The van der Waals surface area contributed by atoms with Gasteiger partial charge in [-0.15, -0.1) is 0 Å². The number of hydrogen-bond donors (Lipinski definition) is 4. The molecule has 0 spiro atoms. The number of esters is 1. The Bertz CT molecular complexity index is 1320. The van der Waals surface area contributed by atoms with E-state index in [1.807, 2.05) is 27.7 Å². The van der Waals surface area contributed by atoms with E-state index in [4.69, 9.17) is 19.6 Å². The molecule has 0 radical (unpaired) electrons. The minimum atomic E-state index is -0.920. The van der Waals surface area contributed by atoms with Gasteiger partial charge in [0.05, 0.1) is 49.7 Å². The highest BCUT2D eigenvalue weighted by molar-refractivity contribution is 6.21. The van der Waals surface area contributed by atoms with Crippen molar-refractivity contribution in [3.8, 4) is 5.75 Å². The van der Waals surface area contributed by atoms with Crippen LogP contribution in [-0.2, 0) is 32.0 Å². The van der Waals surface area contributed by atoms with Crippen LogP contribution in [0.25, 0.3) is 0 Å². The van der Waals surface area contributed by atoms with Gasteiger partial charge in [-0.3, -0.25) is 9.59 Å². The number of rotatable bonds is 13. The number of aryl methyl sites for hydroxylation is 2. The molecule has 2 heterocycles. The summed E-state index contributed by atoms with van der Waals surface area (Å²) in [6.07, 6.45) is 3.21. The number of fused-ring (bicyclic) bond motifs is 1. The molecule has 2 aromatic rings. The van der Waals surface area contributed by atoms with Gasteiger partial charge in [0.1, 0.15) is 5.82 Å². The van der Waals surface area contributed by atoms with E-state index in [2.05, 4.69) is 27.0 Å². The van der Waals surface area contributed by atoms with Crippen LogP contribution >= 0.6 is 0 Å². The van der Waals surface area contributed by atoms with Crippen LogP contribution in [0.15, 0.2) is 36.0 Å². The Hall–Kier alpha value is -3.99. The molecule has 0 bridgehead atoms. The van der Waals surface area contributed by atoms with Gasteiger partial charge in [0, 0.05) is 25.0 Å². The van der Waals surface area contributed by atoms with E-state index in [0.717, 1.165) is 42.0 Å². The first-order valence-electron chi connectivity index (χ1n) is 14.1. The summed E-state index contributed by atoms with van der Waals surface area (Å²) in [5, 5.41) is 17.9. The molecule has 0 saturated heterocycles. The molecule has 1 aromatic heterocycles. The molecule has 1 aromatic carbocycles. The van der Waals surface area contributed by atoms with Crippen LogP contribution in [0.5, 0.6) is 5.75 Å². The average Bonchev–Trinajstić information content (AvgIpc) is 2.93. The molecule has 228 valence electrons. The van der Waals surface area contributed by atoms with Crippen molar-refractivity contribution in [1.29, 1.82) is 5.41 Å². The fourth-order valence-corrected chi connectivity index (χ4v) is 4.40. The molecule has 1 atom stereocenters. The summed E-state index contributed by atoms with van der Waals surface area (Å²) >= 11 is 0. The topological polar surface area (TPSA) is 135 Å². The lowest BCUT2D eigenvalue weighted by Gasteiger charge is -2.23. The number of benzene rings is 1. The number of halogens is 1. The zero-order valence-electron chi connectivity index (χ0n) is 25.3. The Morgan fingerprint density at radius 1 is 1.26 bits per heavy atom. The Balaban J connectivity index is 1.87. The molecule has 1 aliphatic rings. The molecule has 1 amide bonds. The highest BCUT2D eigenvalue weighted by Gasteiger charge is 2.25. The van der Waals surface area contributed by atoms with Crippen molar-refractivity contribution < 1.29 is 28.2 Å². The summed E-state index contributed by atoms with van der Waals surface area (Å²) in [6, 6.07) is 5.39. The zero-order valence-corrected chi connectivity index (χ0v) is 25.3. The minimum absolute atomic E-state index is 0.0207. The maximum Gasteiger partial charge on any atom is 0.308 e. The minimum Gasteiger partial charge on any atom is -0.494 e. The summed E-state index contributed by atoms with van der Waals surface area (Å²) in [5.74, 6) is -0.875. The van der Waals surface area contributed by atoms with Crippen LogP contribution in [0.3, 0.4) is 0 Å². The number of hydrogen-bond acceptors (Lipinski definition) is 9. The van der Waals surface area contributed by atoms with Crippen molar-refractivity contribution in [3.05, 3.63) is 64.2 Å². The monoisotopic (exact) mass is 583 g/mol. The quantitative estimate of drug-likeness (QED) is 0.154. The molecule has 42 heavy (non-hydrogen) atoms. The molecule has 11 heteroatoms. The van der Waals surface area contributed by atoms with Gasteiger partial charge in [0.15, 0.2) is 11.6 Å². The van der Waals surface area contributed by atoms with Gasteiger partial charge in [0.2, 0.25) is 0 Å². The van der Waals surface area contributed by atoms with E-state index in [0.29, 0.717) is 12.1 Å². The van der Waals surface area contributed by atoms with Crippen molar-refractivity contribution in [3.63, 3.8) is 0 Å². The van der Waals surface area contributed by atoms with E-state index in [-0.39, 0.29) is 36.7 Å². The highest BCUT2D eigenvalue weighted by Crippen LogP contribution is 2.25. The average molecular weight is 584 g/mol. The first kappa shape index (κ1) is 32.5. The second kappa shape index (κ2) is 14.8. The second-order valence-corrected chi connectivity index (χ2v) is 11.0. The molecular formula is C31H42FN5O5. The first-order valence-corrected chi connectivity index (χ1v) is 14.1. The predicted octanol–water partition coefficient (Wildman–Crippen LogP) is 4.51. The molecular weight excluding hydrogens is 541 g/mol. The second-order valence-electron chi connectivity index (χ2n) is 11.0. The number of carbonyl (C=O) groups excluding carboxylic acids is 2. The normalized spacial score (nSPS) is 13.8. The Morgan fingerprint density at radius 2 is 2.02 bits per heavy atom. The summed E-state index contributed by atoms with van der Waals surface area (Å²) in [6.45, 7) is 10.5. The number of nitrogens with zero attached hydrogens (tertiary/aromatic N) is 1. The van der Waals surface area contributed by atoms with Crippen LogP contribution in [0.1, 0.15) is 69.0 Å². The maximum atomic E-state index is 14.6. The van der Waals surface area contributed by atoms with Gasteiger partial charge < -0.3 is 35.6 Å². The molecule has 1 aliphatic heterocycles. The Morgan fingerprint density at radius 3 is 2.69 bits per heavy atom. The number of anilines is 1. The summed E-state index contributed by atoms with van der Waals surface area (Å²) in [7, 11) is 1.35. The van der Waals surface area contributed by atoms with Crippen molar-refractivity contribution >= 4 is 23.4 Å². The molecule has 0 unspecified atom stereocenters. The number of amides is 1. The number of carbonyl (C=O) groups is 2. The van der Waals surface area contributed by atoms with Crippen molar-refractivity contribution in [2.24, 2.45) is 0 Å². The molecule has 4 N–H and O–H groups in total. The molecule has 0 aliphatic carbocycles. The van der Waals surface area contributed by atoms with Crippen LogP contribution in [0.4, 0.5) is 10.2 Å².